The number of nitrogens with one attached hydrogen (secondary N) is 1. The van der Waals surface area contributed by atoms with E-state index in [9.17, 15) is 0 Å². The third kappa shape index (κ3) is 1.94. The van der Waals surface area contributed by atoms with E-state index in [-0.39, 0.29) is 0 Å². The van der Waals surface area contributed by atoms with Crippen LogP contribution in [0.4, 0.5) is 0 Å². The molecular formula is C6H6N3P3. The van der Waals surface area contributed by atoms with Gasteiger partial charge in [-0.3, -0.25) is 0 Å². The van der Waals surface area contributed by atoms with E-state index in [0.29, 0.717) is 0 Å². The number of rotatable bonds is 1. The van der Waals surface area contributed by atoms with E-state index in [2.05, 4.69) is 26.0 Å². The fourth-order valence-electron chi connectivity index (χ4n) is 0.839. The molecule has 0 aliphatic carbocycles. The summed E-state index contributed by atoms with van der Waals surface area (Å²) >= 11 is 0. The van der Waals surface area contributed by atoms with Crippen molar-refractivity contribution in [3.05, 3.63) is 30.3 Å². The summed E-state index contributed by atoms with van der Waals surface area (Å²) in [6.07, 6.45) is 0. The van der Waals surface area contributed by atoms with Gasteiger partial charge in [0.2, 0.25) is 0 Å². The lowest BCUT2D eigenvalue weighted by atomic mass is 10.4. The summed E-state index contributed by atoms with van der Waals surface area (Å²) < 4.78 is 8.39. The molecule has 12 heavy (non-hydrogen) atoms. The minimum atomic E-state index is -0.510. The summed E-state index contributed by atoms with van der Waals surface area (Å²) in [6.45, 7) is 0. The van der Waals surface area contributed by atoms with Gasteiger partial charge in [-0.2, -0.15) is 9.03 Å². The van der Waals surface area contributed by atoms with Crippen LogP contribution in [-0.4, -0.2) is 0 Å². The first-order chi connectivity index (χ1) is 5.97. The Balaban J connectivity index is 2.21. The van der Waals surface area contributed by atoms with Gasteiger partial charge in [0, 0.05) is 5.30 Å². The van der Waals surface area contributed by atoms with Crippen molar-refractivity contribution in [1.82, 2.24) is 4.86 Å². The van der Waals surface area contributed by atoms with E-state index in [4.69, 9.17) is 0 Å². The summed E-state index contributed by atoms with van der Waals surface area (Å²) in [5.74, 6) is 0. The van der Waals surface area contributed by atoms with Gasteiger partial charge in [0.05, 0.1) is 0 Å². The molecule has 0 fully saturated rings. The molecule has 0 spiro atoms. The maximum absolute atomic E-state index is 4.35. The molecule has 0 aromatic heterocycles. The molecule has 1 aliphatic heterocycles. The van der Waals surface area contributed by atoms with Crippen LogP contribution < -0.4 is 10.2 Å². The van der Waals surface area contributed by atoms with Crippen molar-refractivity contribution in [2.24, 2.45) is 9.03 Å². The molecule has 3 nitrogen and oxygen atoms in total. The molecule has 0 saturated carbocycles. The largest absolute Gasteiger partial charge is 0.209 e. The standard InChI is InChI=1S/C6H6N3P3/c1-2-4-6(5-3-1)12-8-10-7-11-9-12/h1-5H,(H,7,8,9). The van der Waals surface area contributed by atoms with Gasteiger partial charge in [0.1, 0.15) is 16.7 Å². The first-order valence-electron chi connectivity index (χ1n) is 3.38. The van der Waals surface area contributed by atoms with Crippen LogP contribution in [0.15, 0.2) is 39.4 Å². The lowest BCUT2D eigenvalue weighted by Gasteiger charge is -2.10. The second-order valence-electron chi connectivity index (χ2n) is 2.12. The Kier molecular flexibility index (Phi) is 2.92. The van der Waals surface area contributed by atoms with Gasteiger partial charge in [-0.1, -0.05) is 30.3 Å². The van der Waals surface area contributed by atoms with Crippen LogP contribution >= 0.6 is 25.3 Å². The molecule has 1 aromatic carbocycles. The highest BCUT2D eigenvalue weighted by atomic mass is 31.2. The minimum Gasteiger partial charge on any atom is -0.209 e. The normalized spacial score (nSPS) is 23.8. The Hall–Kier alpha value is -0.190. The summed E-state index contributed by atoms with van der Waals surface area (Å²) in [5.41, 5.74) is 0. The molecule has 0 bridgehead atoms. The Bertz CT molecular complexity index is 311. The number of benzene rings is 1. The van der Waals surface area contributed by atoms with E-state index in [0.717, 1.165) is 17.0 Å². The zero-order valence-electron chi connectivity index (χ0n) is 6.12. The highest BCUT2D eigenvalue weighted by Gasteiger charge is 2.09. The van der Waals surface area contributed by atoms with Crippen LogP contribution in [-0.2, 0) is 0 Å². The summed E-state index contributed by atoms with van der Waals surface area (Å²) in [5, 5.41) is 1.27. The first kappa shape index (κ1) is 8.41. The highest BCUT2D eigenvalue weighted by Crippen LogP contribution is 2.41. The zero-order chi connectivity index (χ0) is 8.23. The third-order valence-electron chi connectivity index (χ3n) is 1.35. The molecule has 1 aromatic rings. The van der Waals surface area contributed by atoms with Gasteiger partial charge in [0.25, 0.3) is 0 Å². The number of hydrogen-bond donors (Lipinski definition) is 1. The molecule has 1 N–H and O–H groups in total. The molecule has 1 heterocycles. The molecule has 0 saturated heterocycles. The van der Waals surface area contributed by atoms with E-state index >= 15 is 0 Å². The molecule has 1 aliphatic rings. The fraction of sp³-hybridized carbons (Fsp3) is 0. The Morgan fingerprint density at radius 3 is 2.75 bits per heavy atom. The van der Waals surface area contributed by atoms with Gasteiger partial charge in [-0.15, -0.1) is 0 Å². The van der Waals surface area contributed by atoms with Crippen LogP contribution in [0.25, 0.3) is 0 Å². The Labute approximate surface area is 75.3 Å². The average molecular weight is 213 g/mol. The molecule has 2 rings (SSSR count). The maximum atomic E-state index is 4.35. The Morgan fingerprint density at radius 1 is 1.25 bits per heavy atom. The van der Waals surface area contributed by atoms with Gasteiger partial charge >= 0.3 is 0 Å². The van der Waals surface area contributed by atoms with Crippen LogP contribution in [0.1, 0.15) is 0 Å². The molecule has 1 unspecified atom stereocenters. The Morgan fingerprint density at radius 2 is 2.08 bits per heavy atom. The third-order valence-corrected chi connectivity index (χ3v) is 4.97. The predicted octanol–water partition coefficient (Wildman–Crippen LogP) is 3.32. The van der Waals surface area contributed by atoms with Crippen molar-refractivity contribution in [2.75, 3.05) is 0 Å². The smallest absolute Gasteiger partial charge is 0.160 e. The topological polar surface area (TPSA) is 36.8 Å². The maximum Gasteiger partial charge on any atom is 0.160 e. The molecule has 60 valence electrons. The van der Waals surface area contributed by atoms with Crippen LogP contribution in [0, 0.1) is 0 Å². The summed E-state index contributed by atoms with van der Waals surface area (Å²) in [7, 11) is 1.30. The first-order valence-corrected chi connectivity index (χ1v) is 6.32. The van der Waals surface area contributed by atoms with Gasteiger partial charge in [0.15, 0.2) is 8.52 Å². The summed E-state index contributed by atoms with van der Waals surface area (Å²) in [6, 6.07) is 10.3. The van der Waals surface area contributed by atoms with E-state index < -0.39 is 8.22 Å². The second kappa shape index (κ2) is 4.16. The second-order valence-corrected chi connectivity index (χ2v) is 5.87. The van der Waals surface area contributed by atoms with E-state index in [1.54, 1.807) is 0 Å². The van der Waals surface area contributed by atoms with E-state index in [1.807, 2.05) is 18.2 Å². The molecular weight excluding hydrogens is 207 g/mol. The van der Waals surface area contributed by atoms with Crippen molar-refractivity contribution in [3.8, 4) is 0 Å². The van der Waals surface area contributed by atoms with Crippen molar-refractivity contribution in [2.45, 2.75) is 0 Å². The minimum absolute atomic E-state index is 0.510. The molecule has 1 atom stereocenters. The van der Waals surface area contributed by atoms with Crippen molar-refractivity contribution >= 4 is 30.6 Å². The van der Waals surface area contributed by atoms with Crippen molar-refractivity contribution in [1.29, 1.82) is 0 Å². The highest BCUT2D eigenvalue weighted by molar-refractivity contribution is 7.72. The van der Waals surface area contributed by atoms with Gasteiger partial charge < -0.3 is 0 Å². The lowest BCUT2D eigenvalue weighted by Crippen LogP contribution is -2.04. The SMILES string of the molecule is c1ccc(P2N=PN=PN2)cc1. The van der Waals surface area contributed by atoms with Gasteiger partial charge in [-0.05, 0) is 0 Å². The van der Waals surface area contributed by atoms with Crippen LogP contribution in [0.2, 0.25) is 0 Å². The van der Waals surface area contributed by atoms with E-state index in [1.165, 1.54) is 5.30 Å². The van der Waals surface area contributed by atoms with Crippen LogP contribution in [0.5, 0.6) is 0 Å². The number of nitrogens with zero attached hydrogens (tertiary/aromatic N) is 2. The zero-order valence-corrected chi connectivity index (χ0v) is 8.81. The molecule has 0 amide bonds. The lowest BCUT2D eigenvalue weighted by molar-refractivity contribution is 1.60. The van der Waals surface area contributed by atoms with Crippen LogP contribution in [0.3, 0.4) is 0 Å². The summed E-state index contributed by atoms with van der Waals surface area (Å²) in [4.78, 5) is 3.23. The quantitative estimate of drug-likeness (QED) is 0.713. The number of hydrogen-bond acceptors (Lipinski definition) is 3. The average Bonchev–Trinajstić information content (AvgIpc) is 2.21. The predicted molar refractivity (Wildman–Crippen MR) is 54.8 cm³/mol. The monoisotopic (exact) mass is 213 g/mol. The van der Waals surface area contributed by atoms with Gasteiger partial charge in [-0.25, -0.2) is 4.86 Å². The van der Waals surface area contributed by atoms with Crippen molar-refractivity contribution < 1.29 is 0 Å². The fourth-order valence-corrected chi connectivity index (χ4v) is 4.49. The van der Waals surface area contributed by atoms with Crippen molar-refractivity contribution in [3.63, 3.8) is 0 Å². The molecule has 0 radical (unpaired) electrons. The molecule has 6 heteroatoms.